The van der Waals surface area contributed by atoms with E-state index in [1.807, 2.05) is 101 Å². The van der Waals surface area contributed by atoms with Gasteiger partial charge in [0.1, 0.15) is 11.6 Å². The van der Waals surface area contributed by atoms with Gasteiger partial charge in [0, 0.05) is 99.3 Å². The molecule has 0 saturated heterocycles. The van der Waals surface area contributed by atoms with E-state index >= 15 is 0 Å². The molecular weight excluding hydrogens is 849 g/mol. The Morgan fingerprint density at radius 1 is 0.657 bits per heavy atom. The van der Waals surface area contributed by atoms with Gasteiger partial charge >= 0.3 is 0 Å². The highest BCUT2D eigenvalue weighted by molar-refractivity contribution is 5.97. The fourth-order valence-electron chi connectivity index (χ4n) is 8.84. The topological polar surface area (TPSA) is 157 Å². The number of carbonyl (C=O) groups excluding carboxylic acids is 1. The zero-order chi connectivity index (χ0) is 45.2. The number of imidazole rings is 1. The van der Waals surface area contributed by atoms with Gasteiger partial charge in [0.2, 0.25) is 0 Å². The van der Waals surface area contributed by atoms with Crippen molar-refractivity contribution >= 4 is 39.7 Å². The summed E-state index contributed by atoms with van der Waals surface area (Å²) in [6.07, 6.45) is 14.1. The molecule has 1 amide bonds. The van der Waals surface area contributed by atoms with Crippen molar-refractivity contribution in [1.29, 1.82) is 0 Å². The van der Waals surface area contributed by atoms with E-state index in [1.54, 1.807) is 30.9 Å². The van der Waals surface area contributed by atoms with E-state index in [0.717, 1.165) is 51.1 Å². The molecule has 2 unspecified atom stereocenters. The molecule has 13 nitrogen and oxygen atoms in total. The van der Waals surface area contributed by atoms with E-state index in [9.17, 15) is 18.4 Å². The number of halogens is 2. The van der Waals surface area contributed by atoms with Crippen molar-refractivity contribution in [2.24, 2.45) is 0 Å². The number of rotatable bonds is 11. The number of amides is 1. The SMILES string of the molecule is O=C1NCC(F)(F)c2cc(Nc3ccnc(-c4ccc(-n5cnc(C6CC6n6ccc7cc(Nc8ccnc(-c9ccc(-c%10ccnc(C%11CC%11)c%10)cc9)n8)ccc7c6=O)c5)cc4)n3)ccc21. The monoisotopic (exact) mass is 887 g/mol. The second-order valence-electron chi connectivity index (χ2n) is 17.2. The summed E-state index contributed by atoms with van der Waals surface area (Å²) in [6.45, 7) is -0.744. The molecule has 5 aromatic heterocycles. The average molecular weight is 888 g/mol. The van der Waals surface area contributed by atoms with Crippen LogP contribution in [0.2, 0.25) is 0 Å². The summed E-state index contributed by atoms with van der Waals surface area (Å²) in [5.74, 6) is -0.891. The minimum absolute atomic E-state index is 0.00539. The fraction of sp³-hybridized carbons (Fsp3) is 0.154. The maximum atomic E-state index is 14.6. The van der Waals surface area contributed by atoms with Crippen LogP contribution >= 0.6 is 0 Å². The molecule has 2 saturated carbocycles. The number of alkyl halides is 2. The molecule has 0 bridgehead atoms. The standard InChI is InChI=1S/C52H39F2N11O2/c53-52(54)28-58-50(66)40-14-10-37(25-42(40)52)61-47-17-21-57-49(63-47)33-7-11-38(12-8-33)64-27-44(59-29-64)41-26-45(41)65-22-18-35-23-36(9-13-39(35)51(65)67)60-46-16-20-56-48(62-46)32-5-1-30(2-6-32)34-15-19-55-43(24-34)31-3-4-31/h1-2,5-25,27,29,31,41,45H,3-4,26,28H2,(H,58,66)(H,56,60,62)(H,57,61,63). The highest BCUT2D eigenvalue weighted by atomic mass is 19.3. The van der Waals surface area contributed by atoms with Crippen molar-refractivity contribution in [3.8, 4) is 39.6 Å². The van der Waals surface area contributed by atoms with Crippen LogP contribution in [0.1, 0.15) is 64.4 Å². The molecule has 4 aromatic carbocycles. The first-order valence-electron chi connectivity index (χ1n) is 22.1. The van der Waals surface area contributed by atoms with Crippen molar-refractivity contribution in [3.63, 3.8) is 0 Å². The summed E-state index contributed by atoms with van der Waals surface area (Å²) in [4.78, 5) is 53.6. The molecule has 6 heterocycles. The number of hydrogen-bond donors (Lipinski definition) is 3. The van der Waals surface area contributed by atoms with E-state index in [0.29, 0.717) is 40.3 Å². The van der Waals surface area contributed by atoms with Crippen LogP contribution < -0.4 is 21.5 Å². The first kappa shape index (κ1) is 40.1. The van der Waals surface area contributed by atoms with Crippen LogP contribution in [0.15, 0.2) is 157 Å². The Kier molecular flexibility index (Phi) is 9.51. The number of nitrogens with zero attached hydrogens (tertiary/aromatic N) is 8. The summed E-state index contributed by atoms with van der Waals surface area (Å²) < 4.78 is 32.9. The molecule has 15 heteroatoms. The number of hydrogen-bond acceptors (Lipinski definition) is 10. The summed E-state index contributed by atoms with van der Waals surface area (Å²) in [6, 6.07) is 35.6. The number of pyridine rings is 2. The number of carbonyl (C=O) groups is 1. The predicted molar refractivity (Wildman–Crippen MR) is 251 cm³/mol. The van der Waals surface area contributed by atoms with Gasteiger partial charge in [0.05, 0.1) is 18.6 Å². The minimum Gasteiger partial charge on any atom is -0.346 e. The van der Waals surface area contributed by atoms with Gasteiger partial charge in [-0.1, -0.05) is 24.3 Å². The lowest BCUT2D eigenvalue weighted by molar-refractivity contribution is -0.00832. The third-order valence-electron chi connectivity index (χ3n) is 12.7. The molecule has 1 aliphatic heterocycles. The molecule has 2 aliphatic carbocycles. The number of aromatic nitrogens is 8. The van der Waals surface area contributed by atoms with E-state index in [4.69, 9.17) is 9.97 Å². The van der Waals surface area contributed by atoms with Crippen molar-refractivity contribution in [2.75, 3.05) is 17.2 Å². The van der Waals surface area contributed by atoms with Gasteiger partial charge in [0.15, 0.2) is 11.6 Å². The summed E-state index contributed by atoms with van der Waals surface area (Å²) in [5.41, 5.74) is 7.68. The number of nitrogens with one attached hydrogen (secondary N) is 3. The smallest absolute Gasteiger partial charge is 0.291 e. The molecule has 328 valence electrons. The lowest BCUT2D eigenvalue weighted by atomic mass is 9.96. The lowest BCUT2D eigenvalue weighted by Gasteiger charge is -2.25. The van der Waals surface area contributed by atoms with Crippen molar-refractivity contribution < 1.29 is 13.6 Å². The Bertz CT molecular complexity index is 3460. The van der Waals surface area contributed by atoms with E-state index in [-0.39, 0.29) is 28.6 Å². The molecule has 67 heavy (non-hydrogen) atoms. The maximum Gasteiger partial charge on any atom is 0.291 e. The Morgan fingerprint density at radius 2 is 1.33 bits per heavy atom. The molecule has 0 spiro atoms. The molecular formula is C52H39F2N11O2. The molecule has 3 N–H and O–H groups in total. The summed E-state index contributed by atoms with van der Waals surface area (Å²) in [7, 11) is 0. The van der Waals surface area contributed by atoms with Crippen LogP contribution in [0.4, 0.5) is 31.8 Å². The van der Waals surface area contributed by atoms with Crippen LogP contribution in [0.5, 0.6) is 0 Å². The first-order valence-corrected chi connectivity index (χ1v) is 22.1. The van der Waals surface area contributed by atoms with Gasteiger partial charge < -0.3 is 25.1 Å². The zero-order valence-electron chi connectivity index (χ0n) is 35.6. The minimum atomic E-state index is -3.18. The highest BCUT2D eigenvalue weighted by Crippen LogP contribution is 2.50. The largest absolute Gasteiger partial charge is 0.346 e. The predicted octanol–water partition coefficient (Wildman–Crippen LogP) is 10.1. The van der Waals surface area contributed by atoms with E-state index in [2.05, 4.69) is 54.1 Å². The Labute approximate surface area is 381 Å². The molecule has 0 radical (unpaired) electrons. The van der Waals surface area contributed by atoms with Gasteiger partial charge in [-0.2, -0.15) is 8.78 Å². The van der Waals surface area contributed by atoms with Gasteiger partial charge in [-0.3, -0.25) is 14.6 Å². The molecule has 12 rings (SSSR count). The van der Waals surface area contributed by atoms with Gasteiger partial charge in [-0.25, -0.2) is 24.9 Å². The van der Waals surface area contributed by atoms with Crippen LogP contribution in [0.25, 0.3) is 50.4 Å². The molecule has 2 fully saturated rings. The Balaban J connectivity index is 0.693. The Hall–Kier alpha value is -8.46. The van der Waals surface area contributed by atoms with Gasteiger partial charge in [-0.15, -0.1) is 0 Å². The lowest BCUT2D eigenvalue weighted by Crippen LogP contribution is -2.41. The molecule has 3 aliphatic rings. The quantitative estimate of drug-likeness (QED) is 0.114. The highest BCUT2D eigenvalue weighted by Gasteiger charge is 2.42. The average Bonchev–Trinajstić information content (AvgIpc) is 4.31. The second-order valence-corrected chi connectivity index (χ2v) is 17.2. The summed E-state index contributed by atoms with van der Waals surface area (Å²) >= 11 is 0. The van der Waals surface area contributed by atoms with Crippen LogP contribution in [-0.4, -0.2) is 51.5 Å². The number of anilines is 4. The number of fused-ring (bicyclic) bond motifs is 2. The van der Waals surface area contributed by atoms with E-state index in [1.165, 1.54) is 30.7 Å². The van der Waals surface area contributed by atoms with Gasteiger partial charge in [0.25, 0.3) is 17.4 Å². The zero-order valence-corrected chi connectivity index (χ0v) is 35.6. The van der Waals surface area contributed by atoms with Crippen molar-refractivity contribution in [3.05, 3.63) is 185 Å². The maximum absolute atomic E-state index is 14.6. The van der Waals surface area contributed by atoms with E-state index < -0.39 is 18.4 Å². The normalized spacial score (nSPS) is 17.1. The fourth-order valence-corrected chi connectivity index (χ4v) is 8.84. The molecule has 2 atom stereocenters. The Morgan fingerprint density at radius 3 is 2.06 bits per heavy atom. The third kappa shape index (κ3) is 7.83. The van der Waals surface area contributed by atoms with Crippen LogP contribution in [-0.2, 0) is 5.92 Å². The molecule has 9 aromatic rings. The van der Waals surface area contributed by atoms with Gasteiger partial charge in [-0.05, 0) is 127 Å². The number of benzene rings is 4. The second kappa shape index (κ2) is 15.9. The summed E-state index contributed by atoms with van der Waals surface area (Å²) in [5, 5.41) is 10.2. The van der Waals surface area contributed by atoms with Crippen LogP contribution in [0, 0.1) is 0 Å². The van der Waals surface area contributed by atoms with Crippen LogP contribution in [0.3, 0.4) is 0 Å². The van der Waals surface area contributed by atoms with Crippen molar-refractivity contribution in [1.82, 2.24) is 44.4 Å². The third-order valence-corrected chi connectivity index (χ3v) is 12.7. The first-order chi connectivity index (χ1) is 32.7. The van der Waals surface area contributed by atoms with Crippen molar-refractivity contribution in [2.45, 2.75) is 43.1 Å².